The molecule has 0 N–H and O–H groups in total. The zero-order chi connectivity index (χ0) is 18.4. The van der Waals surface area contributed by atoms with Crippen LogP contribution in [0.3, 0.4) is 0 Å². The maximum atomic E-state index is 12.3. The second kappa shape index (κ2) is 8.78. The number of benzene rings is 2. The van der Waals surface area contributed by atoms with Gasteiger partial charge in [-0.3, -0.25) is 4.79 Å². The molecular formula is C20H18BrNO4. The lowest BCUT2D eigenvalue weighted by Gasteiger charge is -2.26. The van der Waals surface area contributed by atoms with Crippen LogP contribution in [0.25, 0.3) is 6.08 Å². The summed E-state index contributed by atoms with van der Waals surface area (Å²) in [7, 11) is 0. The van der Waals surface area contributed by atoms with Crippen molar-refractivity contribution >= 4 is 33.9 Å². The number of para-hydroxylation sites is 1. The van der Waals surface area contributed by atoms with Crippen molar-refractivity contribution in [1.82, 2.24) is 4.90 Å². The first-order valence-electron chi connectivity index (χ1n) is 8.25. The molecule has 0 aliphatic carbocycles. The highest BCUT2D eigenvalue weighted by Gasteiger charge is 2.19. The third kappa shape index (κ3) is 4.80. The van der Waals surface area contributed by atoms with Gasteiger partial charge in [0.05, 0.1) is 13.2 Å². The number of hydrogen-bond donors (Lipinski definition) is 0. The van der Waals surface area contributed by atoms with Crippen LogP contribution >= 0.6 is 15.9 Å². The fraction of sp³-hybridized carbons (Fsp3) is 0.200. The first-order valence-corrected chi connectivity index (χ1v) is 9.04. The number of ketones is 1. The van der Waals surface area contributed by atoms with Crippen LogP contribution < -0.4 is 4.74 Å². The summed E-state index contributed by atoms with van der Waals surface area (Å²) in [6.45, 7) is 2.05. The molecule has 3 rings (SSSR count). The molecule has 1 aliphatic rings. The highest BCUT2D eigenvalue weighted by atomic mass is 79.9. The molecule has 2 aromatic rings. The SMILES string of the molecule is O=C(/C=C/c1ccccc1OC(=O)N1CCOCC1)c1ccc(Br)cc1. The molecule has 5 nitrogen and oxygen atoms in total. The van der Waals surface area contributed by atoms with Crippen LogP contribution in [0.2, 0.25) is 0 Å². The average Bonchev–Trinajstić information content (AvgIpc) is 2.68. The van der Waals surface area contributed by atoms with E-state index in [2.05, 4.69) is 15.9 Å². The van der Waals surface area contributed by atoms with Gasteiger partial charge < -0.3 is 14.4 Å². The van der Waals surface area contributed by atoms with Crippen molar-refractivity contribution in [2.24, 2.45) is 0 Å². The van der Waals surface area contributed by atoms with Crippen LogP contribution in [0.4, 0.5) is 4.79 Å². The van der Waals surface area contributed by atoms with E-state index in [1.807, 2.05) is 18.2 Å². The number of rotatable bonds is 4. The first-order chi connectivity index (χ1) is 12.6. The Bertz CT molecular complexity index is 811. The summed E-state index contributed by atoms with van der Waals surface area (Å²) in [5, 5.41) is 0. The minimum Gasteiger partial charge on any atom is -0.410 e. The molecule has 1 aliphatic heterocycles. The van der Waals surface area contributed by atoms with Gasteiger partial charge in [-0.05, 0) is 42.5 Å². The maximum Gasteiger partial charge on any atom is 0.415 e. The summed E-state index contributed by atoms with van der Waals surface area (Å²) >= 11 is 3.35. The predicted octanol–water partition coefficient (Wildman–Crippen LogP) is 4.18. The second-order valence-corrected chi connectivity index (χ2v) is 6.63. The fourth-order valence-electron chi connectivity index (χ4n) is 2.49. The van der Waals surface area contributed by atoms with Crippen molar-refractivity contribution in [1.29, 1.82) is 0 Å². The molecule has 1 heterocycles. The quantitative estimate of drug-likeness (QED) is 0.555. The summed E-state index contributed by atoms with van der Waals surface area (Å²) in [4.78, 5) is 26.2. The lowest BCUT2D eigenvalue weighted by molar-refractivity contribution is 0.0416. The number of nitrogens with zero attached hydrogens (tertiary/aromatic N) is 1. The molecule has 0 bridgehead atoms. The Labute approximate surface area is 160 Å². The molecule has 0 aromatic heterocycles. The van der Waals surface area contributed by atoms with Crippen LogP contribution in [-0.2, 0) is 4.74 Å². The number of amides is 1. The van der Waals surface area contributed by atoms with Crippen LogP contribution in [0.5, 0.6) is 5.75 Å². The predicted molar refractivity (Wildman–Crippen MR) is 102 cm³/mol. The van der Waals surface area contributed by atoms with Gasteiger partial charge in [0.1, 0.15) is 5.75 Å². The Hall–Kier alpha value is -2.44. The van der Waals surface area contributed by atoms with E-state index in [9.17, 15) is 9.59 Å². The third-order valence-electron chi connectivity index (χ3n) is 3.93. The van der Waals surface area contributed by atoms with Gasteiger partial charge in [-0.1, -0.05) is 34.1 Å². The van der Waals surface area contributed by atoms with Crippen LogP contribution in [0, 0.1) is 0 Å². The van der Waals surface area contributed by atoms with E-state index in [1.165, 1.54) is 6.08 Å². The number of hydrogen-bond acceptors (Lipinski definition) is 4. The van der Waals surface area contributed by atoms with Gasteiger partial charge in [0.15, 0.2) is 5.78 Å². The molecule has 0 radical (unpaired) electrons. The molecule has 0 saturated carbocycles. The Balaban J connectivity index is 1.71. The zero-order valence-electron chi connectivity index (χ0n) is 14.1. The molecule has 1 saturated heterocycles. The summed E-state index contributed by atoms with van der Waals surface area (Å²) in [6, 6.07) is 14.3. The minimum absolute atomic E-state index is 0.119. The van der Waals surface area contributed by atoms with Crippen LogP contribution in [0.1, 0.15) is 15.9 Å². The Morgan fingerprint density at radius 3 is 2.46 bits per heavy atom. The summed E-state index contributed by atoms with van der Waals surface area (Å²) in [5.74, 6) is 0.302. The summed E-state index contributed by atoms with van der Waals surface area (Å²) in [6.07, 6.45) is 2.73. The monoisotopic (exact) mass is 415 g/mol. The van der Waals surface area contributed by atoms with Gasteiger partial charge in [0.2, 0.25) is 0 Å². The maximum absolute atomic E-state index is 12.3. The Morgan fingerprint density at radius 2 is 1.73 bits per heavy atom. The highest BCUT2D eigenvalue weighted by molar-refractivity contribution is 9.10. The van der Waals surface area contributed by atoms with E-state index >= 15 is 0 Å². The largest absolute Gasteiger partial charge is 0.415 e. The lowest BCUT2D eigenvalue weighted by atomic mass is 10.1. The number of morpholine rings is 1. The summed E-state index contributed by atoms with van der Waals surface area (Å²) < 4.78 is 11.7. The van der Waals surface area contributed by atoms with Gasteiger partial charge in [-0.15, -0.1) is 0 Å². The molecule has 0 unspecified atom stereocenters. The normalized spacial score (nSPS) is 14.4. The average molecular weight is 416 g/mol. The van der Waals surface area contributed by atoms with Gasteiger partial charge in [0.25, 0.3) is 0 Å². The molecule has 2 aromatic carbocycles. The molecule has 6 heteroatoms. The van der Waals surface area contributed by atoms with Gasteiger partial charge in [0, 0.05) is 28.7 Å². The van der Waals surface area contributed by atoms with Crippen LogP contribution in [0.15, 0.2) is 59.1 Å². The third-order valence-corrected chi connectivity index (χ3v) is 4.46. The molecule has 26 heavy (non-hydrogen) atoms. The zero-order valence-corrected chi connectivity index (χ0v) is 15.6. The van der Waals surface area contributed by atoms with Gasteiger partial charge in [-0.2, -0.15) is 0 Å². The number of carbonyl (C=O) groups is 2. The van der Waals surface area contributed by atoms with Crippen molar-refractivity contribution in [2.45, 2.75) is 0 Å². The smallest absolute Gasteiger partial charge is 0.410 e. The molecule has 134 valence electrons. The van der Waals surface area contributed by atoms with Crippen molar-refractivity contribution in [3.63, 3.8) is 0 Å². The first kappa shape index (κ1) is 18.4. The number of halogens is 1. The Kier molecular flexibility index (Phi) is 6.20. The van der Waals surface area contributed by atoms with Crippen molar-refractivity contribution < 1.29 is 19.1 Å². The molecule has 1 amide bonds. The second-order valence-electron chi connectivity index (χ2n) is 5.71. The van der Waals surface area contributed by atoms with E-state index in [-0.39, 0.29) is 5.78 Å². The van der Waals surface area contributed by atoms with Crippen molar-refractivity contribution in [2.75, 3.05) is 26.3 Å². The van der Waals surface area contributed by atoms with E-state index < -0.39 is 6.09 Å². The molecule has 1 fully saturated rings. The van der Waals surface area contributed by atoms with Crippen molar-refractivity contribution in [3.05, 3.63) is 70.2 Å². The van der Waals surface area contributed by atoms with Crippen molar-refractivity contribution in [3.8, 4) is 5.75 Å². The highest BCUT2D eigenvalue weighted by Crippen LogP contribution is 2.21. The molecule has 0 atom stereocenters. The van der Waals surface area contributed by atoms with E-state index in [0.29, 0.717) is 43.2 Å². The van der Waals surface area contributed by atoms with E-state index in [0.717, 1.165) is 4.47 Å². The minimum atomic E-state index is -0.409. The van der Waals surface area contributed by atoms with Gasteiger partial charge in [-0.25, -0.2) is 4.79 Å². The van der Waals surface area contributed by atoms with E-state index in [4.69, 9.17) is 9.47 Å². The molecular weight excluding hydrogens is 398 g/mol. The fourth-order valence-corrected chi connectivity index (χ4v) is 2.76. The molecule has 0 spiro atoms. The lowest BCUT2D eigenvalue weighted by Crippen LogP contribution is -2.42. The van der Waals surface area contributed by atoms with Crippen LogP contribution in [-0.4, -0.2) is 43.1 Å². The standard InChI is InChI=1S/C20H18BrNO4/c21-17-8-5-15(6-9-17)18(23)10-7-16-3-1-2-4-19(16)26-20(24)22-11-13-25-14-12-22/h1-10H,11-14H2/b10-7+. The number of ether oxygens (including phenoxy) is 2. The number of allylic oxidation sites excluding steroid dienone is 1. The van der Waals surface area contributed by atoms with E-state index in [1.54, 1.807) is 41.3 Å². The topological polar surface area (TPSA) is 55.8 Å². The number of carbonyl (C=O) groups excluding carboxylic acids is 2. The Morgan fingerprint density at radius 1 is 1.04 bits per heavy atom. The summed E-state index contributed by atoms with van der Waals surface area (Å²) in [5.41, 5.74) is 1.26. The van der Waals surface area contributed by atoms with Gasteiger partial charge >= 0.3 is 6.09 Å².